The Hall–Kier alpha value is -0.750. The number of hydrogen-bond acceptors (Lipinski definition) is 5. The summed E-state index contributed by atoms with van der Waals surface area (Å²) >= 11 is 0. The fraction of sp³-hybridized carbons (Fsp3) is 0.571. The Morgan fingerprint density at radius 2 is 1.67 bits per heavy atom. The molecule has 0 aromatic carbocycles. The highest BCUT2D eigenvalue weighted by molar-refractivity contribution is 5.56. The van der Waals surface area contributed by atoms with Crippen LogP contribution in [0.15, 0.2) is 13.2 Å². The van der Waals surface area contributed by atoms with Crippen molar-refractivity contribution in [3.8, 4) is 0 Å². The van der Waals surface area contributed by atoms with Gasteiger partial charge in [0.2, 0.25) is 0 Å². The summed E-state index contributed by atoms with van der Waals surface area (Å²) in [7, 11) is 0. The number of hydrogen-bond donors (Lipinski definition) is 4. The third-order valence-corrected chi connectivity index (χ3v) is 1.07. The van der Waals surface area contributed by atoms with Crippen molar-refractivity contribution in [1.82, 2.24) is 0 Å². The highest BCUT2D eigenvalue weighted by Gasteiger charge is 2.22. The van der Waals surface area contributed by atoms with Gasteiger partial charge in [0.1, 0.15) is 18.3 Å². The van der Waals surface area contributed by atoms with E-state index in [1.807, 2.05) is 0 Å². The molecule has 0 aliphatic rings. The molecule has 5 heteroatoms. The fourth-order valence-electron chi connectivity index (χ4n) is 0.416. The predicted molar refractivity (Wildman–Crippen MR) is 42.4 cm³/mol. The Bertz CT molecular complexity index is 116. The Morgan fingerprint density at radius 3 is 1.92 bits per heavy atom. The number of aliphatic hydroxyl groups is 4. The van der Waals surface area contributed by atoms with Crippen molar-refractivity contribution < 1.29 is 25.2 Å². The van der Waals surface area contributed by atoms with Crippen LogP contribution in [0, 0.1) is 0 Å². The molecule has 3 unspecified atom stereocenters. The Morgan fingerprint density at radius 1 is 1.25 bits per heavy atom. The summed E-state index contributed by atoms with van der Waals surface area (Å²) in [6.07, 6.45) is -4.63. The molecule has 5 nitrogen and oxygen atoms in total. The number of carbonyl (C=O) groups excluding carboxylic acids is 1. The first-order valence-corrected chi connectivity index (χ1v) is 3.23. The largest absolute Gasteiger partial charge is 0.394 e. The van der Waals surface area contributed by atoms with Gasteiger partial charge in [0, 0.05) is 0 Å². The maximum Gasteiger partial charge on any atom is 0.151 e. The molecule has 72 valence electrons. The van der Waals surface area contributed by atoms with Gasteiger partial charge in [-0.05, 0) is 0 Å². The normalized spacial score (nSPS) is 16.7. The van der Waals surface area contributed by atoms with Crippen LogP contribution in [0.1, 0.15) is 0 Å². The second kappa shape index (κ2) is 8.35. The van der Waals surface area contributed by atoms with E-state index in [1.165, 1.54) is 0 Å². The van der Waals surface area contributed by atoms with Gasteiger partial charge in [-0.3, -0.25) is 0 Å². The summed E-state index contributed by atoms with van der Waals surface area (Å²) < 4.78 is 0. The molecule has 0 spiro atoms. The zero-order valence-electron chi connectivity index (χ0n) is 6.63. The molecular weight excluding hydrogens is 164 g/mol. The van der Waals surface area contributed by atoms with E-state index in [1.54, 1.807) is 0 Å². The zero-order chi connectivity index (χ0) is 10.1. The van der Waals surface area contributed by atoms with Gasteiger partial charge in [0.05, 0.1) is 6.61 Å². The summed E-state index contributed by atoms with van der Waals surface area (Å²) in [6, 6.07) is 0. The molecule has 3 atom stereocenters. The van der Waals surface area contributed by atoms with Crippen molar-refractivity contribution in [1.29, 1.82) is 0 Å². The molecule has 0 heterocycles. The number of aldehydes is 1. The van der Waals surface area contributed by atoms with Crippen LogP contribution in [-0.2, 0) is 4.79 Å². The second-order valence-corrected chi connectivity index (χ2v) is 1.87. The molecule has 0 radical (unpaired) electrons. The fourth-order valence-corrected chi connectivity index (χ4v) is 0.416. The molecule has 0 rings (SSSR count). The van der Waals surface area contributed by atoms with Gasteiger partial charge in [-0.2, -0.15) is 0 Å². The smallest absolute Gasteiger partial charge is 0.151 e. The van der Waals surface area contributed by atoms with Crippen molar-refractivity contribution >= 4 is 6.29 Å². The van der Waals surface area contributed by atoms with Crippen LogP contribution < -0.4 is 0 Å². The van der Waals surface area contributed by atoms with E-state index < -0.39 is 24.9 Å². The molecule has 12 heavy (non-hydrogen) atoms. The number of aliphatic hydroxyl groups excluding tert-OH is 4. The average molecular weight is 178 g/mol. The lowest BCUT2D eigenvalue weighted by molar-refractivity contribution is -0.127. The number of rotatable bonds is 4. The molecule has 0 amide bonds. The topological polar surface area (TPSA) is 98.0 Å². The summed E-state index contributed by atoms with van der Waals surface area (Å²) in [5, 5.41) is 34.1. The molecule has 0 aliphatic carbocycles. The third kappa shape index (κ3) is 4.97. The highest BCUT2D eigenvalue weighted by atomic mass is 16.4. The van der Waals surface area contributed by atoms with Gasteiger partial charge in [0.15, 0.2) is 6.29 Å². The van der Waals surface area contributed by atoms with Crippen LogP contribution in [0.4, 0.5) is 0 Å². The standard InChI is InChI=1S/C5H10O5.C2H4/c6-1-3(8)5(10)4(9)2-7;1-2/h1,3-5,7-10H,2H2;1-2H2. The molecule has 0 aliphatic heterocycles. The lowest BCUT2D eigenvalue weighted by Gasteiger charge is -2.16. The van der Waals surface area contributed by atoms with Crippen LogP contribution in [-0.4, -0.2) is 51.6 Å². The van der Waals surface area contributed by atoms with E-state index in [4.69, 9.17) is 20.4 Å². The molecule has 0 fully saturated rings. The quantitative estimate of drug-likeness (QED) is 0.296. The van der Waals surface area contributed by atoms with E-state index in [0.717, 1.165) is 0 Å². The summed E-state index contributed by atoms with van der Waals surface area (Å²) in [5.41, 5.74) is 0. The first kappa shape index (κ1) is 13.8. The van der Waals surface area contributed by atoms with Crippen molar-refractivity contribution in [3.63, 3.8) is 0 Å². The summed E-state index contributed by atoms with van der Waals surface area (Å²) in [5.74, 6) is 0. The first-order valence-electron chi connectivity index (χ1n) is 3.23. The zero-order valence-corrected chi connectivity index (χ0v) is 6.63. The van der Waals surface area contributed by atoms with E-state index in [-0.39, 0.29) is 6.29 Å². The second-order valence-electron chi connectivity index (χ2n) is 1.87. The molecule has 0 saturated heterocycles. The summed E-state index contributed by atoms with van der Waals surface area (Å²) in [6.45, 7) is 5.31. The van der Waals surface area contributed by atoms with Gasteiger partial charge < -0.3 is 25.2 Å². The molecule has 0 aromatic heterocycles. The minimum absolute atomic E-state index is 0.0869. The Balaban J connectivity index is 0. The molecule has 0 bridgehead atoms. The maximum atomic E-state index is 9.76. The highest BCUT2D eigenvalue weighted by Crippen LogP contribution is 1.96. The monoisotopic (exact) mass is 178 g/mol. The SMILES string of the molecule is C=C.O=CC(O)C(O)C(O)CO. The van der Waals surface area contributed by atoms with Crippen LogP contribution in [0.25, 0.3) is 0 Å². The van der Waals surface area contributed by atoms with E-state index >= 15 is 0 Å². The molecule has 0 aromatic rings. The lowest BCUT2D eigenvalue weighted by Crippen LogP contribution is -2.40. The summed E-state index contributed by atoms with van der Waals surface area (Å²) in [4.78, 5) is 9.76. The minimum Gasteiger partial charge on any atom is -0.394 e. The van der Waals surface area contributed by atoms with Gasteiger partial charge >= 0.3 is 0 Å². The van der Waals surface area contributed by atoms with Gasteiger partial charge in [-0.1, -0.05) is 0 Å². The maximum absolute atomic E-state index is 9.76. The molecule has 0 saturated carbocycles. The van der Waals surface area contributed by atoms with Gasteiger partial charge in [0.25, 0.3) is 0 Å². The van der Waals surface area contributed by atoms with Gasteiger partial charge in [-0.25, -0.2) is 0 Å². The van der Waals surface area contributed by atoms with Crippen molar-refractivity contribution in [3.05, 3.63) is 13.2 Å². The van der Waals surface area contributed by atoms with Crippen LogP contribution in [0.3, 0.4) is 0 Å². The van der Waals surface area contributed by atoms with Gasteiger partial charge in [-0.15, -0.1) is 13.2 Å². The van der Waals surface area contributed by atoms with E-state index in [0.29, 0.717) is 0 Å². The van der Waals surface area contributed by atoms with Crippen molar-refractivity contribution in [2.45, 2.75) is 18.3 Å². The average Bonchev–Trinajstić information content (AvgIpc) is 2.17. The Labute approximate surface area is 70.6 Å². The first-order chi connectivity index (χ1) is 5.63. The predicted octanol–water partition coefficient (Wildman–Crippen LogP) is -1.94. The molecular formula is C7H14O5. The van der Waals surface area contributed by atoms with Crippen LogP contribution in [0.5, 0.6) is 0 Å². The van der Waals surface area contributed by atoms with Crippen LogP contribution in [0.2, 0.25) is 0 Å². The van der Waals surface area contributed by atoms with Crippen molar-refractivity contribution in [2.75, 3.05) is 6.61 Å². The lowest BCUT2D eigenvalue weighted by atomic mass is 10.1. The number of carbonyl (C=O) groups is 1. The van der Waals surface area contributed by atoms with Crippen molar-refractivity contribution in [2.24, 2.45) is 0 Å². The van der Waals surface area contributed by atoms with Crippen LogP contribution >= 0.6 is 0 Å². The molecule has 4 N–H and O–H groups in total. The Kier molecular flexibility index (Phi) is 9.61. The minimum atomic E-state index is -1.64. The van der Waals surface area contributed by atoms with E-state index in [2.05, 4.69) is 13.2 Å². The third-order valence-electron chi connectivity index (χ3n) is 1.07. The van der Waals surface area contributed by atoms with E-state index in [9.17, 15) is 4.79 Å².